The number of imidazole rings is 1. The van der Waals surface area contributed by atoms with Gasteiger partial charge in [-0.25, -0.2) is 14.2 Å². The lowest BCUT2D eigenvalue weighted by atomic mass is 9.94. The van der Waals surface area contributed by atoms with Gasteiger partial charge in [0.15, 0.2) is 11.7 Å². The Balaban J connectivity index is 1.80. The Hall–Kier alpha value is -2.89. The van der Waals surface area contributed by atoms with Crippen molar-refractivity contribution in [3.63, 3.8) is 0 Å². The van der Waals surface area contributed by atoms with Crippen LogP contribution in [0.3, 0.4) is 0 Å². The molecule has 1 aromatic carbocycles. The molecular formula is C25H29ClFN5O4S. The van der Waals surface area contributed by atoms with Crippen molar-refractivity contribution in [2.75, 3.05) is 31.2 Å². The molecule has 4 rings (SSSR count). The highest BCUT2D eigenvalue weighted by atomic mass is 35.5. The highest BCUT2D eigenvalue weighted by Gasteiger charge is 2.36. The Morgan fingerprint density at radius 3 is 2.86 bits per heavy atom. The number of aryl methyl sites for hydroxylation is 1. The number of hydrogen-bond acceptors (Lipinski definition) is 8. The van der Waals surface area contributed by atoms with Gasteiger partial charge in [0.25, 0.3) is 0 Å². The van der Waals surface area contributed by atoms with Gasteiger partial charge < -0.3 is 19.7 Å². The Bertz CT molecular complexity index is 1230. The number of carboxylic acid groups (broad SMARTS) is 1. The smallest absolute Gasteiger partial charge is 0.338 e. The molecule has 12 heteroatoms. The van der Waals surface area contributed by atoms with Gasteiger partial charge in [0, 0.05) is 72.8 Å². The van der Waals surface area contributed by atoms with E-state index in [0.29, 0.717) is 35.9 Å². The first-order valence-corrected chi connectivity index (χ1v) is 13.5. The molecule has 0 aliphatic carbocycles. The maximum Gasteiger partial charge on any atom is 0.338 e. The van der Waals surface area contributed by atoms with Crippen molar-refractivity contribution in [1.82, 2.24) is 19.8 Å². The summed E-state index contributed by atoms with van der Waals surface area (Å²) in [7, 11) is 1.83. The molecule has 1 aromatic heterocycles. The van der Waals surface area contributed by atoms with Gasteiger partial charge >= 0.3 is 11.9 Å². The lowest BCUT2D eigenvalue weighted by molar-refractivity contribution is -0.139. The van der Waals surface area contributed by atoms with E-state index >= 15 is 0 Å². The second-order valence-corrected chi connectivity index (χ2v) is 10.3. The van der Waals surface area contributed by atoms with E-state index in [0.717, 1.165) is 18.1 Å². The van der Waals surface area contributed by atoms with Gasteiger partial charge in [-0.15, -0.1) is 0 Å². The Morgan fingerprint density at radius 2 is 2.19 bits per heavy atom. The molecule has 37 heavy (non-hydrogen) atoms. The number of nitrogens with zero attached hydrogens (tertiary/aromatic N) is 4. The normalized spacial score (nSPS) is 20.4. The lowest BCUT2D eigenvalue weighted by Crippen LogP contribution is -2.47. The van der Waals surface area contributed by atoms with Crippen molar-refractivity contribution in [2.24, 2.45) is 12.0 Å². The van der Waals surface area contributed by atoms with E-state index in [-0.39, 0.29) is 29.7 Å². The standard InChI is InChI=1S/C25H29ClFN5O4S/c1-3-36-25(35)21-19(13-32-10-11-37-14-16(32)5-7-20(33)34)29-23(24-28-8-9-31(24)2)30-22(21)17-6-4-15(27)12-18(17)26/h4,6,8-9,12,16,22H,3,5,7,10-11,13-14H2,1-2H3,(H,29,30)(H,33,34)/t16?,22-/m0/s1. The molecule has 1 unspecified atom stereocenters. The van der Waals surface area contributed by atoms with E-state index in [2.05, 4.69) is 15.2 Å². The molecule has 0 radical (unpaired) electrons. The molecule has 198 valence electrons. The molecule has 3 heterocycles. The van der Waals surface area contributed by atoms with Crippen LogP contribution in [0.25, 0.3) is 0 Å². The van der Waals surface area contributed by atoms with Crippen LogP contribution in [0.15, 0.2) is 46.9 Å². The van der Waals surface area contributed by atoms with Gasteiger partial charge in [0.05, 0.1) is 12.2 Å². The van der Waals surface area contributed by atoms with Gasteiger partial charge in [-0.3, -0.25) is 14.7 Å². The summed E-state index contributed by atoms with van der Waals surface area (Å²) < 4.78 is 21.1. The third-order valence-corrected chi connectivity index (χ3v) is 7.73. The van der Waals surface area contributed by atoms with Crippen LogP contribution in [0.2, 0.25) is 5.02 Å². The number of benzene rings is 1. The van der Waals surface area contributed by atoms with Crippen LogP contribution in [-0.2, 0) is 21.4 Å². The predicted molar refractivity (Wildman–Crippen MR) is 140 cm³/mol. The van der Waals surface area contributed by atoms with E-state index in [4.69, 9.17) is 21.3 Å². The van der Waals surface area contributed by atoms with Gasteiger partial charge in [-0.2, -0.15) is 11.8 Å². The van der Waals surface area contributed by atoms with E-state index < -0.39 is 23.8 Å². The molecule has 1 saturated heterocycles. The number of aliphatic carboxylic acids is 1. The summed E-state index contributed by atoms with van der Waals surface area (Å²) in [4.78, 5) is 36.0. The molecule has 2 atom stereocenters. The number of ether oxygens (including phenoxy) is 1. The molecule has 2 aliphatic rings. The van der Waals surface area contributed by atoms with Crippen LogP contribution in [0, 0.1) is 5.82 Å². The number of carbonyl (C=O) groups is 2. The minimum absolute atomic E-state index is 0.0240. The first kappa shape index (κ1) is 27.2. The maximum absolute atomic E-state index is 13.9. The Morgan fingerprint density at radius 1 is 1.38 bits per heavy atom. The molecule has 0 bridgehead atoms. The number of carboxylic acids is 1. The first-order chi connectivity index (χ1) is 17.8. The van der Waals surface area contributed by atoms with Crippen LogP contribution in [0.5, 0.6) is 0 Å². The Kier molecular flexibility index (Phi) is 8.88. The number of hydrogen-bond donors (Lipinski definition) is 2. The molecule has 0 saturated carbocycles. The zero-order chi connectivity index (χ0) is 26.5. The minimum atomic E-state index is -0.855. The number of aromatic nitrogens is 2. The maximum atomic E-state index is 13.9. The quantitative estimate of drug-likeness (QED) is 0.458. The van der Waals surface area contributed by atoms with Crippen molar-refractivity contribution in [1.29, 1.82) is 0 Å². The number of nitrogens with one attached hydrogen (secondary N) is 1. The fourth-order valence-electron chi connectivity index (χ4n) is 4.48. The molecule has 0 spiro atoms. The number of carbonyl (C=O) groups excluding carboxylic acids is 1. The molecule has 2 aliphatic heterocycles. The van der Waals surface area contributed by atoms with E-state index in [1.807, 2.05) is 7.05 Å². The number of esters is 1. The van der Waals surface area contributed by atoms with Crippen LogP contribution in [0.4, 0.5) is 4.39 Å². The number of thioether (sulfide) groups is 1. The number of rotatable bonds is 9. The zero-order valence-corrected chi connectivity index (χ0v) is 22.2. The summed E-state index contributed by atoms with van der Waals surface area (Å²) in [5, 5.41) is 12.7. The van der Waals surface area contributed by atoms with Crippen molar-refractivity contribution < 1.29 is 23.8 Å². The van der Waals surface area contributed by atoms with Crippen molar-refractivity contribution in [3.05, 3.63) is 64.1 Å². The van der Waals surface area contributed by atoms with E-state index in [9.17, 15) is 19.1 Å². The second-order valence-electron chi connectivity index (χ2n) is 8.78. The molecule has 0 amide bonds. The fourth-order valence-corrected chi connectivity index (χ4v) is 5.93. The monoisotopic (exact) mass is 549 g/mol. The average Bonchev–Trinajstić information content (AvgIpc) is 3.29. The summed E-state index contributed by atoms with van der Waals surface area (Å²) in [6, 6.07) is 3.17. The van der Waals surface area contributed by atoms with Crippen LogP contribution < -0.4 is 5.32 Å². The van der Waals surface area contributed by atoms with Crippen molar-refractivity contribution in [2.45, 2.75) is 31.8 Å². The molecule has 9 nitrogen and oxygen atoms in total. The summed E-state index contributed by atoms with van der Waals surface area (Å²) in [5.74, 6) is 0.793. The second kappa shape index (κ2) is 12.1. The van der Waals surface area contributed by atoms with Crippen LogP contribution in [-0.4, -0.2) is 74.6 Å². The van der Waals surface area contributed by atoms with Gasteiger partial charge in [-0.05, 0) is 25.5 Å². The molecule has 2 N–H and O–H groups in total. The molecule has 2 aromatic rings. The van der Waals surface area contributed by atoms with E-state index in [1.165, 1.54) is 18.2 Å². The number of halogens is 2. The highest BCUT2D eigenvalue weighted by molar-refractivity contribution is 7.99. The van der Waals surface area contributed by atoms with Crippen molar-refractivity contribution in [3.8, 4) is 0 Å². The van der Waals surface area contributed by atoms with Crippen LogP contribution in [0.1, 0.15) is 37.2 Å². The third-order valence-electron chi connectivity index (χ3n) is 6.31. The van der Waals surface area contributed by atoms with Gasteiger partial charge in [0.1, 0.15) is 11.9 Å². The number of amidine groups is 1. The van der Waals surface area contributed by atoms with E-state index in [1.54, 1.807) is 35.6 Å². The predicted octanol–water partition coefficient (Wildman–Crippen LogP) is 3.40. The summed E-state index contributed by atoms with van der Waals surface area (Å²) in [5.41, 5.74) is 1.32. The fraction of sp³-hybridized carbons (Fsp3) is 0.440. The summed E-state index contributed by atoms with van der Waals surface area (Å²) >= 11 is 8.24. The van der Waals surface area contributed by atoms with Crippen molar-refractivity contribution >= 4 is 41.1 Å². The molecule has 1 fully saturated rings. The lowest BCUT2D eigenvalue weighted by Gasteiger charge is -2.37. The number of aliphatic imine (C=N–C) groups is 1. The topological polar surface area (TPSA) is 109 Å². The highest BCUT2D eigenvalue weighted by Crippen LogP contribution is 2.37. The molecular weight excluding hydrogens is 521 g/mol. The minimum Gasteiger partial charge on any atom is -0.481 e. The van der Waals surface area contributed by atoms with Crippen LogP contribution >= 0.6 is 23.4 Å². The van der Waals surface area contributed by atoms with Gasteiger partial charge in [0.2, 0.25) is 0 Å². The summed E-state index contributed by atoms with van der Waals surface area (Å²) in [6.07, 6.45) is 3.99. The van der Waals surface area contributed by atoms with Gasteiger partial charge in [-0.1, -0.05) is 17.7 Å². The average molecular weight is 550 g/mol. The third kappa shape index (κ3) is 6.34. The largest absolute Gasteiger partial charge is 0.481 e. The zero-order valence-electron chi connectivity index (χ0n) is 20.6. The Labute approximate surface area is 223 Å². The summed E-state index contributed by atoms with van der Waals surface area (Å²) in [6.45, 7) is 2.96. The SMILES string of the molecule is CCOC(=O)C1=C(CN2CCSCC2CCC(=O)O)NC(c2nccn2C)=N[C@H]1c1ccc(F)cc1Cl. The first-order valence-electron chi connectivity index (χ1n) is 12.0.